The average molecular weight is 464 g/mol. The monoisotopic (exact) mass is 464 g/mol. The molecule has 32 heavy (non-hydrogen) atoms. The Morgan fingerprint density at radius 2 is 1.34 bits per heavy atom. The van der Waals surface area contributed by atoms with E-state index < -0.39 is 86.1 Å². The van der Waals surface area contributed by atoms with Crippen molar-refractivity contribution in [3.63, 3.8) is 0 Å². The topological polar surface area (TPSA) is 204 Å². The highest BCUT2D eigenvalue weighted by molar-refractivity contribution is 5.77. The van der Waals surface area contributed by atoms with Gasteiger partial charge in [-0.1, -0.05) is 0 Å². The lowest BCUT2D eigenvalue weighted by molar-refractivity contribution is -0.314. The maximum absolute atomic E-state index is 11.7. The molecule has 0 radical (unpaired) electrons. The summed E-state index contributed by atoms with van der Waals surface area (Å²) in [5, 5.41) is 55.6. The van der Waals surface area contributed by atoms with E-state index in [1.807, 2.05) is 0 Å². The number of aliphatic hydroxyl groups excluding tert-OH is 5. The molecule has 0 spiro atoms. The average Bonchev–Trinajstić information content (AvgIpc) is 2.70. The Bertz CT molecular complexity index is 678. The third kappa shape index (κ3) is 6.20. The van der Waals surface area contributed by atoms with Crippen LogP contribution in [0.15, 0.2) is 0 Å². The van der Waals surface area contributed by atoms with Gasteiger partial charge in [-0.15, -0.1) is 0 Å². The molecular formula is C19H32N2O11. The summed E-state index contributed by atoms with van der Waals surface area (Å²) in [7, 11) is 0. The second kappa shape index (κ2) is 11.4. The van der Waals surface area contributed by atoms with Gasteiger partial charge in [-0.05, 0) is 6.92 Å². The minimum Gasteiger partial charge on any atom is -0.394 e. The van der Waals surface area contributed by atoms with Crippen LogP contribution in [0.5, 0.6) is 0 Å². The quantitative estimate of drug-likeness (QED) is 0.184. The lowest BCUT2D eigenvalue weighted by atomic mass is 9.89. The zero-order chi connectivity index (χ0) is 24.2. The molecule has 2 aliphatic heterocycles. The van der Waals surface area contributed by atoms with Crippen LogP contribution >= 0.6 is 0 Å². The molecule has 0 saturated carbocycles. The van der Waals surface area contributed by atoms with Crippen molar-refractivity contribution in [2.75, 3.05) is 13.2 Å². The van der Waals surface area contributed by atoms with E-state index in [1.54, 1.807) is 0 Å². The molecule has 13 heteroatoms. The number of nitrogens with one attached hydrogen (secondary N) is 2. The van der Waals surface area contributed by atoms with Crippen LogP contribution in [0.2, 0.25) is 0 Å². The number of carbonyl (C=O) groups is 3. The summed E-state index contributed by atoms with van der Waals surface area (Å²) in [6.45, 7) is 2.39. The molecule has 0 aromatic heterocycles. The fraction of sp³-hybridized carbons (Fsp3) is 0.842. The Hall–Kier alpha value is -1.71. The molecular weight excluding hydrogens is 432 g/mol. The Morgan fingerprint density at radius 1 is 0.781 bits per heavy atom. The van der Waals surface area contributed by atoms with Gasteiger partial charge in [0, 0.05) is 20.3 Å². The number of Topliss-reactive ketones (excluding diaryl/α,β-unsaturated/α-hetero) is 1. The summed E-state index contributed by atoms with van der Waals surface area (Å²) < 4.78 is 17.0. The van der Waals surface area contributed by atoms with Crippen LogP contribution in [0.3, 0.4) is 0 Å². The number of hydrogen-bond acceptors (Lipinski definition) is 11. The molecule has 0 aromatic rings. The Balaban J connectivity index is 2.32. The molecule has 0 unspecified atom stereocenters. The third-order valence-corrected chi connectivity index (χ3v) is 5.40. The molecule has 2 amide bonds. The zero-order valence-corrected chi connectivity index (χ0v) is 18.1. The van der Waals surface area contributed by atoms with E-state index >= 15 is 0 Å². The van der Waals surface area contributed by atoms with Gasteiger partial charge in [-0.25, -0.2) is 0 Å². The fourth-order valence-electron chi connectivity index (χ4n) is 3.96. The van der Waals surface area contributed by atoms with E-state index in [1.165, 1.54) is 20.8 Å². The number of hydrogen-bond donors (Lipinski definition) is 7. The van der Waals surface area contributed by atoms with Gasteiger partial charge in [0.2, 0.25) is 11.8 Å². The van der Waals surface area contributed by atoms with E-state index in [9.17, 15) is 39.9 Å². The SMILES string of the molecule is CC(=O)C[C@@H]1O[C@H](CO)[C@@H](O[C@@H]2O[C@H](CO)[C@@H](O)[C@H](O)[C@H]2NC(C)=O)[C@H](O)[C@H]1NC(C)=O. The smallest absolute Gasteiger partial charge is 0.217 e. The van der Waals surface area contributed by atoms with E-state index in [4.69, 9.17) is 14.2 Å². The van der Waals surface area contributed by atoms with E-state index in [0.717, 1.165) is 0 Å². The van der Waals surface area contributed by atoms with Gasteiger partial charge < -0.3 is 50.4 Å². The Labute approximate surface area is 184 Å². The van der Waals surface area contributed by atoms with E-state index in [2.05, 4.69) is 10.6 Å². The van der Waals surface area contributed by atoms with Crippen LogP contribution in [0, 0.1) is 0 Å². The van der Waals surface area contributed by atoms with E-state index in [0.29, 0.717) is 0 Å². The highest BCUT2D eigenvalue weighted by Crippen LogP contribution is 2.30. The Kier molecular flexibility index (Phi) is 9.48. The third-order valence-electron chi connectivity index (χ3n) is 5.40. The largest absolute Gasteiger partial charge is 0.394 e. The molecule has 0 bridgehead atoms. The van der Waals surface area contributed by atoms with Crippen molar-refractivity contribution in [3.8, 4) is 0 Å². The lowest BCUT2D eigenvalue weighted by Crippen LogP contribution is -2.69. The maximum atomic E-state index is 11.7. The van der Waals surface area contributed by atoms with Crippen LogP contribution in [-0.4, -0.2) is 117 Å². The minimum atomic E-state index is -1.58. The van der Waals surface area contributed by atoms with Gasteiger partial charge in [0.25, 0.3) is 0 Å². The predicted octanol–water partition coefficient (Wildman–Crippen LogP) is -4.08. The molecule has 2 saturated heterocycles. The van der Waals surface area contributed by atoms with Crippen molar-refractivity contribution in [2.24, 2.45) is 0 Å². The number of aliphatic hydroxyl groups is 5. The normalized spacial score (nSPS) is 39.9. The first-order chi connectivity index (χ1) is 15.0. The highest BCUT2D eigenvalue weighted by atomic mass is 16.7. The van der Waals surface area contributed by atoms with Crippen LogP contribution in [-0.2, 0) is 28.6 Å². The first-order valence-electron chi connectivity index (χ1n) is 10.3. The molecule has 2 heterocycles. The predicted molar refractivity (Wildman–Crippen MR) is 105 cm³/mol. The van der Waals surface area contributed by atoms with Crippen molar-refractivity contribution in [3.05, 3.63) is 0 Å². The molecule has 2 fully saturated rings. The number of rotatable bonds is 8. The summed E-state index contributed by atoms with van der Waals surface area (Å²) in [5.41, 5.74) is 0. The standard InChI is InChI=1S/C19H32N2O11/c1-7(24)4-10-13(20-8(2)25)17(29)18(12(6-23)30-10)32-19-14(21-9(3)26)16(28)15(27)11(5-22)31-19/h10-19,22-23,27-29H,4-6H2,1-3H3,(H,20,25)(H,21,26)/t10-,11+,12+,13-,14+,15+,16+,17+,18+,19-/m0/s1. The van der Waals surface area contributed by atoms with Crippen molar-refractivity contribution >= 4 is 17.6 Å². The molecule has 2 aliphatic rings. The number of carbonyl (C=O) groups excluding carboxylic acids is 3. The summed E-state index contributed by atoms with van der Waals surface area (Å²) in [6.07, 6.45) is -10.9. The van der Waals surface area contributed by atoms with Gasteiger partial charge in [0.05, 0.1) is 25.4 Å². The first-order valence-corrected chi connectivity index (χ1v) is 10.3. The summed E-state index contributed by atoms with van der Waals surface area (Å²) in [4.78, 5) is 34.9. The first kappa shape index (κ1) is 26.5. The zero-order valence-electron chi connectivity index (χ0n) is 18.1. The van der Waals surface area contributed by atoms with Gasteiger partial charge in [-0.2, -0.15) is 0 Å². The van der Waals surface area contributed by atoms with Gasteiger partial charge >= 0.3 is 0 Å². The van der Waals surface area contributed by atoms with Crippen molar-refractivity contribution in [1.82, 2.24) is 10.6 Å². The van der Waals surface area contributed by atoms with Crippen LogP contribution < -0.4 is 10.6 Å². The van der Waals surface area contributed by atoms with Crippen molar-refractivity contribution in [2.45, 2.75) is 88.3 Å². The molecule has 0 aromatic carbocycles. The molecule has 2 rings (SSSR count). The number of ketones is 1. The second-order valence-electron chi connectivity index (χ2n) is 8.05. The minimum absolute atomic E-state index is 0.142. The highest BCUT2D eigenvalue weighted by Gasteiger charge is 2.51. The van der Waals surface area contributed by atoms with Crippen molar-refractivity contribution in [1.29, 1.82) is 0 Å². The summed E-state index contributed by atoms with van der Waals surface area (Å²) in [6, 6.07) is -2.36. The molecule has 184 valence electrons. The molecule has 7 N–H and O–H groups in total. The number of ether oxygens (including phenoxy) is 3. The molecule has 10 atom stereocenters. The van der Waals surface area contributed by atoms with Gasteiger partial charge in [0.15, 0.2) is 6.29 Å². The van der Waals surface area contributed by atoms with Crippen LogP contribution in [0.1, 0.15) is 27.2 Å². The van der Waals surface area contributed by atoms with Crippen LogP contribution in [0.4, 0.5) is 0 Å². The second-order valence-corrected chi connectivity index (χ2v) is 8.05. The fourth-order valence-corrected chi connectivity index (χ4v) is 3.96. The maximum Gasteiger partial charge on any atom is 0.217 e. The van der Waals surface area contributed by atoms with Crippen LogP contribution in [0.25, 0.3) is 0 Å². The summed E-state index contributed by atoms with van der Waals surface area (Å²) in [5.74, 6) is -1.34. The van der Waals surface area contributed by atoms with E-state index in [-0.39, 0.29) is 12.2 Å². The Morgan fingerprint density at radius 3 is 1.84 bits per heavy atom. The number of amides is 2. The molecule has 0 aliphatic carbocycles. The van der Waals surface area contributed by atoms with Gasteiger partial charge in [0.1, 0.15) is 48.4 Å². The van der Waals surface area contributed by atoms with Crippen molar-refractivity contribution < 1.29 is 54.1 Å². The lowest BCUT2D eigenvalue weighted by Gasteiger charge is -2.48. The summed E-state index contributed by atoms with van der Waals surface area (Å²) >= 11 is 0. The van der Waals surface area contributed by atoms with Gasteiger partial charge in [-0.3, -0.25) is 14.4 Å². The molecule has 13 nitrogen and oxygen atoms in total.